The smallest absolute Gasteiger partial charge is 0.268 e. The highest BCUT2D eigenvalue weighted by Crippen LogP contribution is 2.37. The Balaban J connectivity index is 1.71. The summed E-state index contributed by atoms with van der Waals surface area (Å²) in [5.74, 6) is 2.37. The van der Waals surface area contributed by atoms with E-state index < -0.39 is 0 Å². The predicted molar refractivity (Wildman–Crippen MR) is 78.2 cm³/mol. The number of aromatic nitrogens is 1. The van der Waals surface area contributed by atoms with Gasteiger partial charge in [0.25, 0.3) is 5.91 Å². The number of amides is 1. The third-order valence-corrected chi connectivity index (χ3v) is 5.13. The van der Waals surface area contributed by atoms with Crippen LogP contribution in [0.25, 0.3) is 0 Å². The second kappa shape index (κ2) is 5.29. The van der Waals surface area contributed by atoms with Crippen LogP contribution in [-0.2, 0) is 0 Å². The number of nitrogens with zero attached hydrogens (tertiary/aromatic N) is 1. The van der Waals surface area contributed by atoms with Crippen LogP contribution in [0, 0.1) is 0 Å². The van der Waals surface area contributed by atoms with Crippen LogP contribution in [-0.4, -0.2) is 28.0 Å². The average molecular weight is 329 g/mol. The minimum absolute atomic E-state index is 0.0834. The fourth-order valence-electron chi connectivity index (χ4n) is 2.40. The van der Waals surface area contributed by atoms with Crippen LogP contribution < -0.4 is 5.32 Å². The molecule has 1 aliphatic carbocycles. The van der Waals surface area contributed by atoms with E-state index in [1.54, 1.807) is 0 Å². The Labute approximate surface area is 120 Å². The highest BCUT2D eigenvalue weighted by atomic mass is 79.9. The Bertz CT molecular complexity index is 450. The average Bonchev–Trinajstić information content (AvgIpc) is 3.13. The van der Waals surface area contributed by atoms with Gasteiger partial charge in [0.15, 0.2) is 0 Å². The minimum Gasteiger partial charge on any atom is -0.347 e. The fourth-order valence-corrected chi connectivity index (χ4v) is 3.91. The largest absolute Gasteiger partial charge is 0.347 e. The molecule has 1 aromatic rings. The first-order chi connectivity index (χ1) is 8.74. The van der Waals surface area contributed by atoms with Gasteiger partial charge in [-0.05, 0) is 53.4 Å². The van der Waals surface area contributed by atoms with Gasteiger partial charge in [-0.3, -0.25) is 4.79 Å². The summed E-state index contributed by atoms with van der Waals surface area (Å²) < 4.78 is 3.12. The molecule has 3 nitrogen and oxygen atoms in total. The van der Waals surface area contributed by atoms with E-state index in [1.165, 1.54) is 25.0 Å². The van der Waals surface area contributed by atoms with Gasteiger partial charge in [-0.2, -0.15) is 11.8 Å². The van der Waals surface area contributed by atoms with Crippen molar-refractivity contribution in [2.45, 2.75) is 37.8 Å². The summed E-state index contributed by atoms with van der Waals surface area (Å²) in [7, 11) is 0. The van der Waals surface area contributed by atoms with E-state index in [0.29, 0.717) is 12.1 Å². The maximum Gasteiger partial charge on any atom is 0.268 e. The van der Waals surface area contributed by atoms with Crippen molar-refractivity contribution in [3.05, 3.63) is 22.4 Å². The van der Waals surface area contributed by atoms with E-state index >= 15 is 0 Å². The summed E-state index contributed by atoms with van der Waals surface area (Å²) in [4.78, 5) is 12.3. The van der Waals surface area contributed by atoms with Gasteiger partial charge >= 0.3 is 0 Å². The van der Waals surface area contributed by atoms with Crippen LogP contribution in [0.15, 0.2) is 16.7 Å². The molecule has 2 fully saturated rings. The maximum absolute atomic E-state index is 12.3. The van der Waals surface area contributed by atoms with E-state index in [0.717, 1.165) is 22.3 Å². The lowest BCUT2D eigenvalue weighted by Crippen LogP contribution is -2.39. The molecule has 18 heavy (non-hydrogen) atoms. The molecule has 1 atom stereocenters. The van der Waals surface area contributed by atoms with Gasteiger partial charge in [-0.15, -0.1) is 0 Å². The van der Waals surface area contributed by atoms with Crippen LogP contribution in [0.5, 0.6) is 0 Å². The molecule has 1 aromatic heterocycles. The Kier molecular flexibility index (Phi) is 3.71. The Hall–Kier alpha value is -0.420. The van der Waals surface area contributed by atoms with Crippen LogP contribution in [0.1, 0.15) is 42.2 Å². The van der Waals surface area contributed by atoms with Crippen molar-refractivity contribution in [2.24, 2.45) is 0 Å². The molecule has 3 rings (SSSR count). The number of carbonyl (C=O) groups excluding carboxylic acids is 1. The monoisotopic (exact) mass is 328 g/mol. The highest BCUT2D eigenvalue weighted by molar-refractivity contribution is 9.10. The second-order valence-corrected chi connectivity index (χ2v) is 7.14. The van der Waals surface area contributed by atoms with Gasteiger partial charge in [0.05, 0.1) is 0 Å². The Morgan fingerprint density at radius 2 is 2.28 bits per heavy atom. The molecule has 5 heteroatoms. The first kappa shape index (κ1) is 12.6. The van der Waals surface area contributed by atoms with Gasteiger partial charge in [-0.1, -0.05) is 0 Å². The van der Waals surface area contributed by atoms with Crippen LogP contribution in [0.2, 0.25) is 0 Å². The molecule has 2 aliphatic rings. The maximum atomic E-state index is 12.3. The molecule has 2 heterocycles. The molecular weight excluding hydrogens is 312 g/mol. The molecular formula is C13H17BrN2OS. The standard InChI is InChI=1S/C13H17BrN2OS/c14-9-6-12(16(7-9)11-3-4-11)13(17)15-10-2-1-5-18-8-10/h6-7,10-11H,1-5,8H2,(H,15,17). The zero-order chi connectivity index (χ0) is 12.5. The number of carbonyl (C=O) groups is 1. The number of hydrogen-bond donors (Lipinski definition) is 1. The van der Waals surface area contributed by atoms with Crippen molar-refractivity contribution in [1.29, 1.82) is 0 Å². The third kappa shape index (κ3) is 2.77. The Morgan fingerprint density at radius 1 is 1.44 bits per heavy atom. The molecule has 1 saturated carbocycles. The van der Waals surface area contributed by atoms with Crippen molar-refractivity contribution in [1.82, 2.24) is 9.88 Å². The number of nitrogens with one attached hydrogen (secondary N) is 1. The molecule has 1 N–H and O–H groups in total. The van der Waals surface area contributed by atoms with E-state index in [4.69, 9.17) is 0 Å². The SMILES string of the molecule is O=C(NC1CCCSC1)c1cc(Br)cn1C1CC1. The lowest BCUT2D eigenvalue weighted by molar-refractivity contribution is 0.0929. The fraction of sp³-hybridized carbons (Fsp3) is 0.615. The third-order valence-electron chi connectivity index (χ3n) is 3.48. The number of halogens is 1. The lowest BCUT2D eigenvalue weighted by atomic mass is 10.2. The van der Waals surface area contributed by atoms with Gasteiger partial charge in [0.1, 0.15) is 5.69 Å². The first-order valence-electron chi connectivity index (χ1n) is 6.50. The molecule has 0 radical (unpaired) electrons. The normalized spacial score (nSPS) is 23.9. The van der Waals surface area contributed by atoms with Gasteiger partial charge < -0.3 is 9.88 Å². The van der Waals surface area contributed by atoms with Crippen LogP contribution >= 0.6 is 27.7 Å². The van der Waals surface area contributed by atoms with Crippen molar-refractivity contribution in [2.75, 3.05) is 11.5 Å². The summed E-state index contributed by atoms with van der Waals surface area (Å²) in [6.07, 6.45) is 6.75. The zero-order valence-corrected chi connectivity index (χ0v) is 12.6. The molecule has 98 valence electrons. The van der Waals surface area contributed by atoms with Crippen molar-refractivity contribution >= 4 is 33.6 Å². The molecule has 0 spiro atoms. The van der Waals surface area contributed by atoms with E-state index in [1.807, 2.05) is 24.0 Å². The molecule has 0 aromatic carbocycles. The molecule has 1 saturated heterocycles. The van der Waals surface area contributed by atoms with Crippen LogP contribution in [0.3, 0.4) is 0 Å². The van der Waals surface area contributed by atoms with Crippen molar-refractivity contribution in [3.8, 4) is 0 Å². The Morgan fingerprint density at radius 3 is 2.94 bits per heavy atom. The lowest BCUT2D eigenvalue weighted by Gasteiger charge is -2.22. The molecule has 0 bridgehead atoms. The molecule has 1 unspecified atom stereocenters. The summed E-state index contributed by atoms with van der Waals surface area (Å²) in [6, 6.07) is 2.82. The highest BCUT2D eigenvalue weighted by Gasteiger charge is 2.28. The van der Waals surface area contributed by atoms with Crippen LogP contribution in [0.4, 0.5) is 0 Å². The summed E-state index contributed by atoms with van der Waals surface area (Å²) in [6.45, 7) is 0. The number of rotatable bonds is 3. The zero-order valence-electron chi connectivity index (χ0n) is 10.2. The van der Waals surface area contributed by atoms with Crippen molar-refractivity contribution in [3.63, 3.8) is 0 Å². The summed E-state index contributed by atoms with van der Waals surface area (Å²) in [5.41, 5.74) is 0.806. The number of hydrogen-bond acceptors (Lipinski definition) is 2. The van der Waals surface area contributed by atoms with Gasteiger partial charge in [0.2, 0.25) is 0 Å². The number of thioether (sulfide) groups is 1. The summed E-state index contributed by atoms with van der Waals surface area (Å²) in [5, 5.41) is 3.17. The summed E-state index contributed by atoms with van der Waals surface area (Å²) >= 11 is 5.41. The molecule has 1 aliphatic heterocycles. The van der Waals surface area contributed by atoms with E-state index in [-0.39, 0.29) is 5.91 Å². The van der Waals surface area contributed by atoms with E-state index in [9.17, 15) is 4.79 Å². The second-order valence-electron chi connectivity index (χ2n) is 5.07. The predicted octanol–water partition coefficient (Wildman–Crippen LogP) is 3.21. The van der Waals surface area contributed by atoms with Gasteiger partial charge in [-0.25, -0.2) is 0 Å². The van der Waals surface area contributed by atoms with Gasteiger partial charge in [0, 0.05) is 28.5 Å². The van der Waals surface area contributed by atoms with Crippen molar-refractivity contribution < 1.29 is 4.79 Å². The first-order valence-corrected chi connectivity index (χ1v) is 8.45. The van der Waals surface area contributed by atoms with E-state index in [2.05, 4.69) is 25.8 Å². The topological polar surface area (TPSA) is 34.0 Å². The molecule has 1 amide bonds. The minimum atomic E-state index is 0.0834. The quantitative estimate of drug-likeness (QED) is 0.924.